The van der Waals surface area contributed by atoms with E-state index in [1.54, 1.807) is 0 Å². The zero-order chi connectivity index (χ0) is 34.6. The summed E-state index contributed by atoms with van der Waals surface area (Å²) in [5.41, 5.74) is 9.77. The lowest BCUT2D eigenvalue weighted by Crippen LogP contribution is -2.14. The highest BCUT2D eigenvalue weighted by Crippen LogP contribution is 2.49. The van der Waals surface area contributed by atoms with Gasteiger partial charge in [0.2, 0.25) is 0 Å². The molecule has 2 heterocycles. The number of furan rings is 1. The SMILES string of the molecule is CC1(C)c2ccccc2-c2cc(-c3nc(-c4ccccc4)nc(-c4ccc5c(c4)c4ccccc4c4ccc6c7ccccc7oc6c45)n3)ccc21. The molecule has 52 heavy (non-hydrogen) atoms. The van der Waals surface area contributed by atoms with E-state index in [2.05, 4.69) is 135 Å². The van der Waals surface area contributed by atoms with E-state index in [0.717, 1.165) is 54.8 Å². The van der Waals surface area contributed by atoms with Crippen molar-refractivity contribution in [2.45, 2.75) is 19.3 Å². The topological polar surface area (TPSA) is 51.8 Å². The standard InChI is InChI=1S/C48H31N3O/c1-48(2)40-18-10-8-16-33(40)39-27-30(21-25-41(39)48)47-50-45(28-12-4-3-5-13-28)49-46(51-47)29-20-22-36-38(26-29)32-15-7-6-14-31(32)35-23-24-37-34-17-9-11-19-42(34)52-44(37)43(35)36/h3-27H,1-2H3. The Morgan fingerprint density at radius 1 is 0.404 bits per heavy atom. The van der Waals surface area contributed by atoms with Gasteiger partial charge in [-0.15, -0.1) is 0 Å². The normalized spacial score (nSPS) is 13.3. The summed E-state index contributed by atoms with van der Waals surface area (Å²) in [7, 11) is 0. The number of hydrogen-bond acceptors (Lipinski definition) is 4. The lowest BCUT2D eigenvalue weighted by molar-refractivity contribution is 0.660. The number of aromatic nitrogens is 3. The van der Waals surface area contributed by atoms with Crippen LogP contribution in [0.5, 0.6) is 0 Å². The Hall–Kier alpha value is -6.65. The van der Waals surface area contributed by atoms with E-state index < -0.39 is 0 Å². The zero-order valence-corrected chi connectivity index (χ0v) is 28.7. The van der Waals surface area contributed by atoms with Crippen molar-refractivity contribution in [2.75, 3.05) is 0 Å². The van der Waals surface area contributed by atoms with Crippen molar-refractivity contribution < 1.29 is 4.42 Å². The van der Waals surface area contributed by atoms with Gasteiger partial charge in [0.15, 0.2) is 17.5 Å². The Kier molecular flexibility index (Phi) is 5.98. The minimum absolute atomic E-state index is 0.0735. The molecule has 1 aliphatic rings. The smallest absolute Gasteiger partial charge is 0.164 e. The third-order valence-electron chi connectivity index (χ3n) is 11.1. The molecule has 0 atom stereocenters. The van der Waals surface area contributed by atoms with Gasteiger partial charge in [0.25, 0.3) is 0 Å². The highest BCUT2D eigenvalue weighted by atomic mass is 16.3. The molecule has 0 radical (unpaired) electrons. The predicted molar refractivity (Wildman–Crippen MR) is 213 cm³/mol. The fraction of sp³-hybridized carbons (Fsp3) is 0.0625. The summed E-state index contributed by atoms with van der Waals surface area (Å²) in [4.78, 5) is 15.4. The van der Waals surface area contributed by atoms with Crippen LogP contribution in [0.3, 0.4) is 0 Å². The summed E-state index contributed by atoms with van der Waals surface area (Å²) in [5, 5.41) is 9.19. The number of benzene rings is 8. The van der Waals surface area contributed by atoms with Gasteiger partial charge in [-0.3, -0.25) is 0 Å². The lowest BCUT2D eigenvalue weighted by Gasteiger charge is -2.21. The molecule has 0 saturated heterocycles. The predicted octanol–water partition coefficient (Wildman–Crippen LogP) is 12.5. The van der Waals surface area contributed by atoms with Crippen LogP contribution in [0.4, 0.5) is 0 Å². The first-order chi connectivity index (χ1) is 25.5. The highest BCUT2D eigenvalue weighted by molar-refractivity contribution is 6.32. The van der Waals surface area contributed by atoms with Gasteiger partial charge in [0, 0.05) is 38.3 Å². The lowest BCUT2D eigenvalue weighted by atomic mass is 9.82. The average Bonchev–Trinajstić information content (AvgIpc) is 3.69. The molecule has 244 valence electrons. The van der Waals surface area contributed by atoms with Crippen molar-refractivity contribution in [2.24, 2.45) is 0 Å². The van der Waals surface area contributed by atoms with Crippen molar-refractivity contribution in [3.05, 3.63) is 163 Å². The molecule has 1 aliphatic carbocycles. The Morgan fingerprint density at radius 2 is 0.962 bits per heavy atom. The quantitative estimate of drug-likeness (QED) is 0.176. The van der Waals surface area contributed by atoms with E-state index >= 15 is 0 Å². The largest absolute Gasteiger partial charge is 0.455 e. The molecule has 0 saturated carbocycles. The maximum Gasteiger partial charge on any atom is 0.164 e. The van der Waals surface area contributed by atoms with Gasteiger partial charge in [0.1, 0.15) is 11.2 Å². The van der Waals surface area contributed by atoms with Gasteiger partial charge in [-0.1, -0.05) is 141 Å². The first kappa shape index (κ1) is 29.1. The second-order valence-corrected chi connectivity index (χ2v) is 14.4. The number of rotatable bonds is 3. The first-order valence-corrected chi connectivity index (χ1v) is 17.8. The van der Waals surface area contributed by atoms with Crippen LogP contribution in [0.1, 0.15) is 25.0 Å². The van der Waals surface area contributed by atoms with Crippen LogP contribution < -0.4 is 0 Å². The molecule has 0 spiro atoms. The number of para-hydroxylation sites is 1. The molecule has 0 aliphatic heterocycles. The van der Waals surface area contributed by atoms with Crippen molar-refractivity contribution in [3.8, 4) is 45.3 Å². The number of hydrogen-bond donors (Lipinski definition) is 0. The molecule has 0 fully saturated rings. The minimum atomic E-state index is -0.0735. The van der Waals surface area contributed by atoms with Crippen LogP contribution in [-0.4, -0.2) is 15.0 Å². The Balaban J connectivity index is 1.16. The Bertz CT molecular complexity index is 3100. The molecule has 2 aromatic heterocycles. The Morgan fingerprint density at radius 3 is 1.77 bits per heavy atom. The van der Waals surface area contributed by atoms with E-state index in [1.807, 2.05) is 30.3 Å². The molecule has 8 aromatic carbocycles. The summed E-state index contributed by atoms with van der Waals surface area (Å²) in [6.07, 6.45) is 0. The van der Waals surface area contributed by atoms with Gasteiger partial charge in [-0.25, -0.2) is 15.0 Å². The first-order valence-electron chi connectivity index (χ1n) is 17.8. The molecular formula is C48H31N3O. The van der Waals surface area contributed by atoms with Crippen LogP contribution in [0.25, 0.3) is 99.5 Å². The fourth-order valence-corrected chi connectivity index (χ4v) is 8.57. The van der Waals surface area contributed by atoms with Crippen molar-refractivity contribution in [1.82, 2.24) is 15.0 Å². The van der Waals surface area contributed by atoms with Gasteiger partial charge >= 0.3 is 0 Å². The average molecular weight is 666 g/mol. The van der Waals surface area contributed by atoms with E-state index in [1.165, 1.54) is 38.4 Å². The highest BCUT2D eigenvalue weighted by Gasteiger charge is 2.35. The third kappa shape index (κ3) is 4.12. The molecule has 0 amide bonds. The maximum absolute atomic E-state index is 6.60. The summed E-state index contributed by atoms with van der Waals surface area (Å²) in [6.45, 7) is 4.61. The molecule has 0 N–H and O–H groups in total. The van der Waals surface area contributed by atoms with Crippen LogP contribution in [0, 0.1) is 0 Å². The van der Waals surface area contributed by atoms with Gasteiger partial charge < -0.3 is 4.42 Å². The molecule has 0 unspecified atom stereocenters. The molecule has 0 bridgehead atoms. The second-order valence-electron chi connectivity index (χ2n) is 14.4. The maximum atomic E-state index is 6.60. The van der Waals surface area contributed by atoms with Crippen molar-refractivity contribution in [1.29, 1.82) is 0 Å². The summed E-state index contributed by atoms with van der Waals surface area (Å²) < 4.78 is 6.60. The second kappa shape index (κ2) is 10.7. The van der Waals surface area contributed by atoms with E-state index in [9.17, 15) is 0 Å². The van der Waals surface area contributed by atoms with Crippen LogP contribution in [0.15, 0.2) is 156 Å². The van der Waals surface area contributed by atoms with Crippen LogP contribution in [0.2, 0.25) is 0 Å². The summed E-state index contributed by atoms with van der Waals surface area (Å²) in [5.74, 6) is 1.94. The van der Waals surface area contributed by atoms with Crippen LogP contribution in [-0.2, 0) is 5.41 Å². The minimum Gasteiger partial charge on any atom is -0.455 e. The molecule has 4 nitrogen and oxygen atoms in total. The third-order valence-corrected chi connectivity index (χ3v) is 11.1. The van der Waals surface area contributed by atoms with Crippen molar-refractivity contribution >= 4 is 54.3 Å². The zero-order valence-electron chi connectivity index (χ0n) is 28.7. The van der Waals surface area contributed by atoms with E-state index in [-0.39, 0.29) is 5.41 Å². The number of nitrogens with zero attached hydrogens (tertiary/aromatic N) is 3. The molecule has 4 heteroatoms. The summed E-state index contributed by atoms with van der Waals surface area (Å²) in [6, 6.07) is 53.6. The molecule has 11 rings (SSSR count). The number of fused-ring (bicyclic) bond motifs is 13. The molecule has 10 aromatic rings. The van der Waals surface area contributed by atoms with Crippen LogP contribution >= 0.6 is 0 Å². The van der Waals surface area contributed by atoms with Crippen molar-refractivity contribution in [3.63, 3.8) is 0 Å². The Labute approximate surface area is 300 Å². The summed E-state index contributed by atoms with van der Waals surface area (Å²) >= 11 is 0. The van der Waals surface area contributed by atoms with E-state index in [0.29, 0.717) is 17.5 Å². The monoisotopic (exact) mass is 665 g/mol. The van der Waals surface area contributed by atoms with E-state index in [4.69, 9.17) is 19.4 Å². The fourth-order valence-electron chi connectivity index (χ4n) is 8.57. The van der Waals surface area contributed by atoms with Gasteiger partial charge in [0.05, 0.1) is 0 Å². The molecular weight excluding hydrogens is 635 g/mol. The van der Waals surface area contributed by atoms with Gasteiger partial charge in [-0.2, -0.15) is 0 Å². The van der Waals surface area contributed by atoms with Gasteiger partial charge in [-0.05, 0) is 73.5 Å².